The lowest BCUT2D eigenvalue weighted by atomic mass is 10.2. The van der Waals surface area contributed by atoms with Crippen molar-refractivity contribution in [2.75, 3.05) is 11.1 Å². The number of H-pyrrole nitrogens is 1. The second-order valence-corrected chi connectivity index (χ2v) is 7.29. The topological polar surface area (TPSA) is 101 Å². The molecule has 0 fully saturated rings. The van der Waals surface area contributed by atoms with Crippen molar-refractivity contribution >= 4 is 29.3 Å². The van der Waals surface area contributed by atoms with E-state index in [2.05, 4.69) is 15.3 Å². The van der Waals surface area contributed by atoms with Crippen LogP contribution in [-0.4, -0.2) is 33.7 Å². The summed E-state index contributed by atoms with van der Waals surface area (Å²) in [5.41, 5.74) is 1.50. The quantitative estimate of drug-likeness (QED) is 0.378. The van der Waals surface area contributed by atoms with E-state index in [0.717, 1.165) is 19.3 Å². The Balaban J connectivity index is 1.89. The molecule has 0 saturated carbocycles. The molecule has 0 aliphatic rings. The van der Waals surface area contributed by atoms with Gasteiger partial charge in [0.1, 0.15) is 0 Å². The number of nitrogens with zero attached hydrogens (tertiary/aromatic N) is 1. The molecule has 0 aliphatic carbocycles. The molecule has 0 bridgehead atoms. The van der Waals surface area contributed by atoms with Gasteiger partial charge in [0, 0.05) is 17.4 Å². The molecule has 150 valence electrons. The molecule has 0 radical (unpaired) electrons. The number of anilines is 1. The highest BCUT2D eigenvalue weighted by molar-refractivity contribution is 7.99. The molecule has 1 amide bonds. The minimum atomic E-state index is -0.384. The second-order valence-electron chi connectivity index (χ2n) is 6.33. The number of ether oxygens (including phenoxy) is 1. The molecule has 0 aliphatic heterocycles. The summed E-state index contributed by atoms with van der Waals surface area (Å²) in [6, 6.07) is 8.00. The summed E-state index contributed by atoms with van der Waals surface area (Å²) in [5, 5.41) is 3.18. The average Bonchev–Trinajstić information content (AvgIpc) is 2.66. The number of aryl methyl sites for hydroxylation is 1. The Morgan fingerprint density at radius 1 is 1.25 bits per heavy atom. The molecule has 1 heterocycles. The van der Waals surface area contributed by atoms with Crippen LogP contribution in [0.5, 0.6) is 0 Å². The number of hydrogen-bond acceptors (Lipinski definition) is 6. The van der Waals surface area contributed by atoms with E-state index in [0.29, 0.717) is 22.1 Å². The smallest absolute Gasteiger partial charge is 0.338 e. The molecule has 1 aromatic carbocycles. The maximum absolute atomic E-state index is 12.1. The van der Waals surface area contributed by atoms with Gasteiger partial charge in [-0.05, 0) is 44.0 Å². The number of nitrogens with one attached hydrogen (secondary N) is 2. The van der Waals surface area contributed by atoms with Gasteiger partial charge in [0.25, 0.3) is 5.56 Å². The fourth-order valence-electron chi connectivity index (χ4n) is 2.29. The van der Waals surface area contributed by atoms with Crippen molar-refractivity contribution in [2.45, 2.75) is 51.3 Å². The highest BCUT2D eigenvalue weighted by Gasteiger charge is 2.11. The number of carbonyl (C=O) groups excluding carboxylic acids is 2. The first-order valence-electron chi connectivity index (χ1n) is 9.25. The number of hydrogen-bond donors (Lipinski definition) is 2. The number of aromatic nitrogens is 2. The predicted molar refractivity (Wildman–Crippen MR) is 110 cm³/mol. The third-order valence-corrected chi connectivity index (χ3v) is 4.78. The highest BCUT2D eigenvalue weighted by Crippen LogP contribution is 2.15. The van der Waals surface area contributed by atoms with Crippen LogP contribution in [0.25, 0.3) is 0 Å². The van der Waals surface area contributed by atoms with Gasteiger partial charge < -0.3 is 15.0 Å². The van der Waals surface area contributed by atoms with Gasteiger partial charge in [-0.15, -0.1) is 0 Å². The molecular weight excluding hydrogens is 378 g/mol. The number of carbonyl (C=O) groups is 2. The Morgan fingerprint density at radius 3 is 2.61 bits per heavy atom. The summed E-state index contributed by atoms with van der Waals surface area (Å²) in [4.78, 5) is 42.7. The molecule has 7 nitrogen and oxygen atoms in total. The number of amides is 1. The molecule has 2 rings (SSSR count). The zero-order valence-electron chi connectivity index (χ0n) is 16.3. The molecule has 0 saturated heterocycles. The highest BCUT2D eigenvalue weighted by atomic mass is 32.2. The normalized spacial score (nSPS) is 11.7. The maximum Gasteiger partial charge on any atom is 0.338 e. The number of aromatic amines is 1. The third-order valence-electron chi connectivity index (χ3n) is 3.91. The summed E-state index contributed by atoms with van der Waals surface area (Å²) in [6.07, 6.45) is 2.22. The molecule has 2 N–H and O–H groups in total. The fourth-order valence-corrected chi connectivity index (χ4v) is 2.99. The van der Waals surface area contributed by atoms with E-state index in [9.17, 15) is 14.4 Å². The minimum absolute atomic E-state index is 0.107. The Bertz CT molecular complexity index is 864. The van der Waals surface area contributed by atoms with Crippen LogP contribution in [0.3, 0.4) is 0 Å². The van der Waals surface area contributed by atoms with E-state index in [4.69, 9.17) is 4.74 Å². The second kappa shape index (κ2) is 10.7. The Morgan fingerprint density at radius 2 is 1.96 bits per heavy atom. The lowest BCUT2D eigenvalue weighted by Gasteiger charge is -2.11. The van der Waals surface area contributed by atoms with Crippen LogP contribution in [0.4, 0.5) is 5.69 Å². The molecule has 2 aromatic rings. The van der Waals surface area contributed by atoms with Gasteiger partial charge in [-0.3, -0.25) is 9.59 Å². The number of thioether (sulfide) groups is 1. The molecular formula is C20H25N3O4S. The van der Waals surface area contributed by atoms with E-state index in [-0.39, 0.29) is 29.3 Å². The van der Waals surface area contributed by atoms with Crippen molar-refractivity contribution in [1.29, 1.82) is 0 Å². The largest absolute Gasteiger partial charge is 0.459 e. The first-order valence-corrected chi connectivity index (χ1v) is 10.2. The standard InChI is InChI=1S/C20H25N3O4S/c1-4-6-16-11-17(24)23-20(22-16)28-12-18(25)21-15-9-7-14(8-10-15)19(26)27-13(3)5-2/h7-11,13H,4-6,12H2,1-3H3,(H,21,25)(H,22,23,24)/t13-/m1/s1. The number of rotatable bonds is 9. The van der Waals surface area contributed by atoms with Crippen molar-refractivity contribution in [2.24, 2.45) is 0 Å². The van der Waals surface area contributed by atoms with Crippen LogP contribution in [0, 0.1) is 0 Å². The molecule has 1 atom stereocenters. The van der Waals surface area contributed by atoms with Gasteiger partial charge in [0.05, 0.1) is 17.4 Å². The Kier molecular flexibility index (Phi) is 8.25. The van der Waals surface area contributed by atoms with Crippen molar-refractivity contribution in [3.8, 4) is 0 Å². The van der Waals surface area contributed by atoms with Crippen molar-refractivity contribution in [3.63, 3.8) is 0 Å². The first kappa shape index (κ1) is 21.7. The van der Waals surface area contributed by atoms with Gasteiger partial charge >= 0.3 is 5.97 Å². The van der Waals surface area contributed by atoms with Crippen LogP contribution in [-0.2, 0) is 16.0 Å². The molecule has 28 heavy (non-hydrogen) atoms. The minimum Gasteiger partial charge on any atom is -0.459 e. The Labute approximate surface area is 168 Å². The van der Waals surface area contributed by atoms with Crippen LogP contribution in [0.1, 0.15) is 49.7 Å². The van der Waals surface area contributed by atoms with E-state index < -0.39 is 0 Å². The summed E-state index contributed by atoms with van der Waals surface area (Å²) in [5.74, 6) is -0.510. The zero-order valence-corrected chi connectivity index (χ0v) is 17.1. The van der Waals surface area contributed by atoms with Crippen molar-refractivity contribution in [1.82, 2.24) is 9.97 Å². The van der Waals surface area contributed by atoms with Gasteiger partial charge in [0.2, 0.25) is 5.91 Å². The van der Waals surface area contributed by atoms with Crippen molar-refractivity contribution in [3.05, 3.63) is 51.9 Å². The van der Waals surface area contributed by atoms with Crippen LogP contribution in [0.15, 0.2) is 40.3 Å². The zero-order chi connectivity index (χ0) is 20.5. The van der Waals surface area contributed by atoms with Gasteiger partial charge in [-0.25, -0.2) is 9.78 Å². The first-order chi connectivity index (χ1) is 13.4. The van der Waals surface area contributed by atoms with E-state index in [1.165, 1.54) is 17.8 Å². The third kappa shape index (κ3) is 6.84. The summed E-state index contributed by atoms with van der Waals surface area (Å²) < 4.78 is 5.27. The molecule has 0 spiro atoms. The lowest BCUT2D eigenvalue weighted by Crippen LogP contribution is -2.16. The van der Waals surface area contributed by atoms with Crippen LogP contribution in [0.2, 0.25) is 0 Å². The SMILES string of the molecule is CCCc1cc(=O)[nH]c(SCC(=O)Nc2ccc(C(=O)O[C@H](C)CC)cc2)n1. The van der Waals surface area contributed by atoms with E-state index in [1.807, 2.05) is 20.8 Å². The van der Waals surface area contributed by atoms with Crippen LogP contribution >= 0.6 is 11.8 Å². The fraction of sp³-hybridized carbons (Fsp3) is 0.400. The van der Waals surface area contributed by atoms with Crippen molar-refractivity contribution < 1.29 is 14.3 Å². The monoisotopic (exact) mass is 403 g/mol. The van der Waals surface area contributed by atoms with Gasteiger partial charge in [0.15, 0.2) is 5.16 Å². The maximum atomic E-state index is 12.1. The van der Waals surface area contributed by atoms with Gasteiger partial charge in [-0.1, -0.05) is 32.0 Å². The predicted octanol–water partition coefficient (Wildman–Crippen LogP) is 3.41. The average molecular weight is 404 g/mol. The summed E-state index contributed by atoms with van der Waals surface area (Å²) in [7, 11) is 0. The lowest BCUT2D eigenvalue weighted by molar-refractivity contribution is -0.113. The van der Waals surface area contributed by atoms with E-state index in [1.54, 1.807) is 24.3 Å². The summed E-state index contributed by atoms with van der Waals surface area (Å²) in [6.45, 7) is 5.79. The number of benzene rings is 1. The molecule has 1 aromatic heterocycles. The molecule has 8 heteroatoms. The van der Waals surface area contributed by atoms with Gasteiger partial charge in [-0.2, -0.15) is 0 Å². The summed E-state index contributed by atoms with van der Waals surface area (Å²) >= 11 is 1.17. The molecule has 0 unspecified atom stereocenters. The number of esters is 1. The van der Waals surface area contributed by atoms with E-state index >= 15 is 0 Å². The van der Waals surface area contributed by atoms with Crippen LogP contribution < -0.4 is 10.9 Å². The Hall–Kier alpha value is -2.61.